The number of rotatable bonds is 7. The van der Waals surface area contributed by atoms with Crippen LogP contribution in [0.2, 0.25) is 0 Å². The Balaban J connectivity index is 4.76. The summed E-state index contributed by atoms with van der Waals surface area (Å²) < 4.78 is 5.52. The Hall–Kier alpha value is -0.570. The Labute approximate surface area is 106 Å². The minimum atomic E-state index is -0.293. The van der Waals surface area contributed by atoms with Crippen LogP contribution in [0.3, 0.4) is 0 Å². The predicted molar refractivity (Wildman–Crippen MR) is 71.6 cm³/mol. The molecule has 3 nitrogen and oxygen atoms in total. The van der Waals surface area contributed by atoms with Crippen molar-refractivity contribution in [1.82, 2.24) is 0 Å². The van der Waals surface area contributed by atoms with Gasteiger partial charge in [0.1, 0.15) is 6.10 Å². The fourth-order valence-electron chi connectivity index (χ4n) is 2.25. The normalized spacial score (nSPS) is 15.4. The van der Waals surface area contributed by atoms with Gasteiger partial charge >= 0.3 is 5.97 Å². The summed E-state index contributed by atoms with van der Waals surface area (Å²) in [4.78, 5) is 11.4. The summed E-state index contributed by atoms with van der Waals surface area (Å²) in [6, 6.07) is 0. The van der Waals surface area contributed by atoms with Crippen molar-refractivity contribution in [3.05, 3.63) is 0 Å². The van der Waals surface area contributed by atoms with Crippen molar-refractivity contribution in [1.29, 1.82) is 0 Å². The molecule has 0 spiro atoms. The highest BCUT2D eigenvalue weighted by Gasteiger charge is 2.30. The molecule has 0 rings (SSSR count). The Morgan fingerprint density at radius 2 is 1.59 bits per heavy atom. The smallest absolute Gasteiger partial charge is 0.319 e. The molecule has 102 valence electrons. The summed E-state index contributed by atoms with van der Waals surface area (Å²) in [7, 11) is 0. The van der Waals surface area contributed by atoms with E-state index in [0.29, 0.717) is 23.7 Å². The molecule has 0 aromatic heterocycles. The van der Waals surface area contributed by atoms with E-state index in [9.17, 15) is 4.79 Å². The van der Waals surface area contributed by atoms with E-state index < -0.39 is 0 Å². The van der Waals surface area contributed by atoms with E-state index in [-0.39, 0.29) is 18.6 Å². The summed E-state index contributed by atoms with van der Waals surface area (Å²) in [5, 5.41) is 0. The predicted octanol–water partition coefficient (Wildman–Crippen LogP) is 2.83. The minimum absolute atomic E-state index is 0.0200. The third-order valence-electron chi connectivity index (χ3n) is 3.11. The van der Waals surface area contributed by atoms with Crippen LogP contribution >= 0.6 is 0 Å². The standard InChI is InChI=1S/C14H29NO2/c1-9(2)7-12(10(3)4)14(11(5)6)17-13(16)8-15/h9-12,14H,7-8,15H2,1-6H3. The average molecular weight is 243 g/mol. The van der Waals surface area contributed by atoms with Gasteiger partial charge in [-0.3, -0.25) is 4.79 Å². The van der Waals surface area contributed by atoms with Crippen molar-refractivity contribution in [3.8, 4) is 0 Å². The number of carbonyl (C=O) groups excluding carboxylic acids is 1. The van der Waals surface area contributed by atoms with Gasteiger partial charge in [-0.2, -0.15) is 0 Å². The lowest BCUT2D eigenvalue weighted by atomic mass is 9.79. The minimum Gasteiger partial charge on any atom is -0.461 e. The first-order valence-electron chi connectivity index (χ1n) is 6.69. The van der Waals surface area contributed by atoms with E-state index in [0.717, 1.165) is 6.42 Å². The molecule has 0 saturated heterocycles. The number of hydrogen-bond donors (Lipinski definition) is 1. The third kappa shape index (κ3) is 6.06. The van der Waals surface area contributed by atoms with Crippen molar-refractivity contribution >= 4 is 5.97 Å². The summed E-state index contributed by atoms with van der Waals surface area (Å²) in [5.41, 5.74) is 5.32. The van der Waals surface area contributed by atoms with E-state index in [1.807, 2.05) is 0 Å². The molecular weight excluding hydrogens is 214 g/mol. The highest BCUT2D eigenvalue weighted by atomic mass is 16.5. The first kappa shape index (κ1) is 16.4. The molecule has 2 atom stereocenters. The molecular formula is C14H29NO2. The van der Waals surface area contributed by atoms with Crippen LogP contribution in [0.5, 0.6) is 0 Å². The van der Waals surface area contributed by atoms with Crippen molar-refractivity contribution < 1.29 is 9.53 Å². The highest BCUT2D eigenvalue weighted by molar-refractivity contribution is 5.71. The second-order valence-electron chi connectivity index (χ2n) is 5.94. The molecule has 3 heteroatoms. The van der Waals surface area contributed by atoms with Gasteiger partial charge < -0.3 is 10.5 Å². The quantitative estimate of drug-likeness (QED) is 0.700. The Morgan fingerprint density at radius 3 is 1.88 bits per heavy atom. The zero-order chi connectivity index (χ0) is 13.6. The van der Waals surface area contributed by atoms with Crippen LogP contribution in [0.1, 0.15) is 48.0 Å². The zero-order valence-electron chi connectivity index (χ0n) is 12.2. The van der Waals surface area contributed by atoms with Crippen LogP contribution in [0.4, 0.5) is 0 Å². The van der Waals surface area contributed by atoms with Gasteiger partial charge in [0.25, 0.3) is 0 Å². The van der Waals surface area contributed by atoms with Crippen LogP contribution < -0.4 is 5.73 Å². The van der Waals surface area contributed by atoms with E-state index in [4.69, 9.17) is 10.5 Å². The summed E-state index contributed by atoms with van der Waals surface area (Å²) in [6.45, 7) is 13.0. The molecule has 2 unspecified atom stereocenters. The molecule has 0 aliphatic carbocycles. The Kier molecular flexibility index (Phi) is 7.44. The van der Waals surface area contributed by atoms with Crippen molar-refractivity contribution in [2.24, 2.45) is 29.4 Å². The first-order chi connectivity index (χ1) is 7.79. The van der Waals surface area contributed by atoms with Crippen molar-refractivity contribution in [2.75, 3.05) is 6.54 Å². The molecule has 0 radical (unpaired) electrons. The largest absolute Gasteiger partial charge is 0.461 e. The number of hydrogen-bond acceptors (Lipinski definition) is 3. The second-order valence-corrected chi connectivity index (χ2v) is 5.94. The van der Waals surface area contributed by atoms with Crippen LogP contribution in [0.15, 0.2) is 0 Å². The third-order valence-corrected chi connectivity index (χ3v) is 3.11. The molecule has 0 aromatic carbocycles. The molecule has 0 aliphatic heterocycles. The van der Waals surface area contributed by atoms with Gasteiger partial charge in [-0.1, -0.05) is 41.5 Å². The van der Waals surface area contributed by atoms with Gasteiger partial charge in [0, 0.05) is 0 Å². The number of esters is 1. The van der Waals surface area contributed by atoms with Crippen LogP contribution in [0.25, 0.3) is 0 Å². The maximum Gasteiger partial charge on any atom is 0.319 e. The maximum absolute atomic E-state index is 11.4. The molecule has 0 bridgehead atoms. The van der Waals surface area contributed by atoms with E-state index in [2.05, 4.69) is 41.5 Å². The van der Waals surface area contributed by atoms with Gasteiger partial charge in [0.05, 0.1) is 6.54 Å². The maximum atomic E-state index is 11.4. The lowest BCUT2D eigenvalue weighted by Crippen LogP contribution is -2.37. The fourth-order valence-corrected chi connectivity index (χ4v) is 2.25. The SMILES string of the molecule is CC(C)CC(C(C)C)C(OC(=O)CN)C(C)C. The van der Waals surface area contributed by atoms with E-state index >= 15 is 0 Å². The zero-order valence-corrected chi connectivity index (χ0v) is 12.2. The summed E-state index contributed by atoms with van der Waals surface area (Å²) in [6.07, 6.45) is 1.06. The van der Waals surface area contributed by atoms with Gasteiger partial charge in [-0.25, -0.2) is 0 Å². The summed E-state index contributed by atoms with van der Waals surface area (Å²) in [5.74, 6) is 1.57. The Bertz CT molecular complexity index is 224. The number of nitrogens with two attached hydrogens (primary N) is 1. The van der Waals surface area contributed by atoms with E-state index in [1.165, 1.54) is 0 Å². The molecule has 0 heterocycles. The molecule has 0 saturated carbocycles. The highest BCUT2D eigenvalue weighted by Crippen LogP contribution is 2.29. The topological polar surface area (TPSA) is 52.3 Å². The monoisotopic (exact) mass is 243 g/mol. The molecule has 0 aliphatic rings. The number of carbonyl (C=O) groups is 1. The summed E-state index contributed by atoms with van der Waals surface area (Å²) >= 11 is 0. The lowest BCUT2D eigenvalue weighted by molar-refractivity contribution is -0.154. The lowest BCUT2D eigenvalue weighted by Gasteiger charge is -2.33. The number of ether oxygens (including phenoxy) is 1. The van der Waals surface area contributed by atoms with Crippen LogP contribution in [0, 0.1) is 23.7 Å². The van der Waals surface area contributed by atoms with E-state index in [1.54, 1.807) is 0 Å². The van der Waals surface area contributed by atoms with Gasteiger partial charge in [-0.15, -0.1) is 0 Å². The molecule has 2 N–H and O–H groups in total. The molecule has 0 amide bonds. The first-order valence-corrected chi connectivity index (χ1v) is 6.69. The molecule has 0 aromatic rings. The van der Waals surface area contributed by atoms with Gasteiger partial charge in [0.15, 0.2) is 0 Å². The van der Waals surface area contributed by atoms with Gasteiger partial charge in [0.2, 0.25) is 0 Å². The van der Waals surface area contributed by atoms with Crippen LogP contribution in [-0.2, 0) is 9.53 Å². The molecule has 0 fully saturated rings. The van der Waals surface area contributed by atoms with Crippen molar-refractivity contribution in [2.45, 2.75) is 54.1 Å². The Morgan fingerprint density at radius 1 is 1.06 bits per heavy atom. The second kappa shape index (κ2) is 7.70. The van der Waals surface area contributed by atoms with Gasteiger partial charge in [-0.05, 0) is 30.1 Å². The van der Waals surface area contributed by atoms with Crippen LogP contribution in [-0.4, -0.2) is 18.6 Å². The fraction of sp³-hybridized carbons (Fsp3) is 0.929. The average Bonchev–Trinajstić information content (AvgIpc) is 2.21. The molecule has 17 heavy (non-hydrogen) atoms. The van der Waals surface area contributed by atoms with Crippen molar-refractivity contribution in [3.63, 3.8) is 0 Å².